The molecule has 0 unspecified atom stereocenters. The number of aromatic nitrogens is 3. The Morgan fingerprint density at radius 1 is 1.21 bits per heavy atom. The van der Waals surface area contributed by atoms with Crippen LogP contribution in [0.25, 0.3) is 21.9 Å². The lowest BCUT2D eigenvalue weighted by atomic mass is 10.1. The zero-order chi connectivity index (χ0) is 19.3. The Morgan fingerprint density at radius 2 is 2.11 bits per heavy atom. The van der Waals surface area contributed by atoms with Gasteiger partial charge in [-0.15, -0.1) is 0 Å². The van der Waals surface area contributed by atoms with Gasteiger partial charge in [-0.25, -0.2) is 9.97 Å². The maximum atomic E-state index is 12.4. The maximum absolute atomic E-state index is 12.4. The summed E-state index contributed by atoms with van der Waals surface area (Å²) in [5, 5.41) is 8.15. The van der Waals surface area contributed by atoms with E-state index in [1.165, 1.54) is 6.20 Å². The lowest BCUT2D eigenvalue weighted by molar-refractivity contribution is 0.0920. The number of nitrogens with zero attached hydrogens (tertiary/aromatic N) is 3. The summed E-state index contributed by atoms with van der Waals surface area (Å²) >= 11 is 5.86. The number of hydrogen-bond donors (Lipinski definition) is 2. The molecular formula is C19H14ClN5O3. The molecule has 0 saturated heterocycles. The highest BCUT2D eigenvalue weighted by Gasteiger charge is 2.26. The molecule has 5 rings (SSSR count). The first-order valence-corrected chi connectivity index (χ1v) is 9.04. The van der Waals surface area contributed by atoms with E-state index in [4.69, 9.17) is 20.8 Å². The second-order valence-electron chi connectivity index (χ2n) is 6.48. The molecule has 3 aromatic heterocycles. The number of furan rings is 1. The number of rotatable bonds is 2. The highest BCUT2D eigenvalue weighted by atomic mass is 35.5. The number of halogens is 1. The van der Waals surface area contributed by atoms with E-state index in [2.05, 4.69) is 25.6 Å². The Bertz CT molecular complexity index is 1240. The average Bonchev–Trinajstić information content (AvgIpc) is 2.99. The van der Waals surface area contributed by atoms with Crippen molar-refractivity contribution >= 4 is 45.1 Å². The first-order valence-electron chi connectivity index (χ1n) is 8.66. The Morgan fingerprint density at radius 3 is 2.96 bits per heavy atom. The highest BCUT2D eigenvalue weighted by Crippen LogP contribution is 2.37. The molecule has 1 amide bonds. The van der Waals surface area contributed by atoms with E-state index in [0.717, 1.165) is 10.8 Å². The fourth-order valence-electron chi connectivity index (χ4n) is 3.23. The Labute approximate surface area is 163 Å². The van der Waals surface area contributed by atoms with Gasteiger partial charge < -0.3 is 19.8 Å². The van der Waals surface area contributed by atoms with E-state index in [1.54, 1.807) is 18.2 Å². The molecule has 8 nitrogen and oxygen atoms in total. The SMILES string of the molecule is C[C@@H]1CNc2c(oc3ccc4nc(Oc5nccc(Cl)n5)ccc4c23)C(=O)N1. The number of pyridine rings is 1. The van der Waals surface area contributed by atoms with E-state index >= 15 is 0 Å². The molecule has 0 spiro atoms. The van der Waals surface area contributed by atoms with Crippen molar-refractivity contribution in [1.82, 2.24) is 20.3 Å². The summed E-state index contributed by atoms with van der Waals surface area (Å²) in [6.07, 6.45) is 1.51. The number of hydrogen-bond acceptors (Lipinski definition) is 7. The first-order chi connectivity index (χ1) is 13.6. The topological polar surface area (TPSA) is 102 Å². The zero-order valence-corrected chi connectivity index (χ0v) is 15.4. The highest BCUT2D eigenvalue weighted by molar-refractivity contribution is 6.29. The van der Waals surface area contributed by atoms with Crippen LogP contribution in [0.4, 0.5) is 5.69 Å². The van der Waals surface area contributed by atoms with Crippen LogP contribution in [0.3, 0.4) is 0 Å². The third kappa shape index (κ3) is 2.78. The predicted octanol–water partition coefficient (Wildman–Crippen LogP) is 3.76. The summed E-state index contributed by atoms with van der Waals surface area (Å²) < 4.78 is 11.4. The largest absolute Gasteiger partial charge is 0.449 e. The maximum Gasteiger partial charge on any atom is 0.324 e. The van der Waals surface area contributed by atoms with E-state index in [-0.39, 0.29) is 28.9 Å². The molecule has 140 valence electrons. The number of carbonyl (C=O) groups excluding carboxylic acids is 1. The molecule has 28 heavy (non-hydrogen) atoms. The van der Waals surface area contributed by atoms with Gasteiger partial charge in [-0.1, -0.05) is 11.6 Å². The zero-order valence-electron chi connectivity index (χ0n) is 14.7. The van der Waals surface area contributed by atoms with Crippen LogP contribution in [0.2, 0.25) is 5.15 Å². The van der Waals surface area contributed by atoms with Gasteiger partial charge in [0, 0.05) is 30.2 Å². The van der Waals surface area contributed by atoms with Gasteiger partial charge in [-0.3, -0.25) is 4.79 Å². The molecule has 1 aromatic carbocycles. The minimum Gasteiger partial charge on any atom is -0.449 e. The Hall–Kier alpha value is -3.39. The van der Waals surface area contributed by atoms with Gasteiger partial charge in [-0.2, -0.15) is 4.98 Å². The van der Waals surface area contributed by atoms with Crippen molar-refractivity contribution < 1.29 is 13.9 Å². The van der Waals surface area contributed by atoms with Gasteiger partial charge in [0.1, 0.15) is 10.7 Å². The third-order valence-electron chi connectivity index (χ3n) is 4.46. The molecule has 2 N–H and O–H groups in total. The van der Waals surface area contributed by atoms with Crippen molar-refractivity contribution in [3.63, 3.8) is 0 Å². The van der Waals surface area contributed by atoms with Crippen LogP contribution >= 0.6 is 11.6 Å². The molecule has 1 aliphatic rings. The van der Waals surface area contributed by atoms with Crippen LogP contribution in [0.5, 0.6) is 11.9 Å². The molecule has 0 aliphatic carbocycles. The second-order valence-corrected chi connectivity index (χ2v) is 6.87. The van der Waals surface area contributed by atoms with Gasteiger partial charge in [0.05, 0.1) is 16.6 Å². The molecule has 9 heteroatoms. The van der Waals surface area contributed by atoms with Crippen molar-refractivity contribution in [2.45, 2.75) is 13.0 Å². The van der Waals surface area contributed by atoms with Crippen LogP contribution in [0.1, 0.15) is 17.5 Å². The molecule has 0 saturated carbocycles. The first kappa shape index (κ1) is 16.8. The van der Waals surface area contributed by atoms with Gasteiger partial charge in [-0.05, 0) is 31.2 Å². The number of fused-ring (bicyclic) bond motifs is 5. The average molecular weight is 396 g/mol. The van der Waals surface area contributed by atoms with Crippen LogP contribution < -0.4 is 15.4 Å². The van der Waals surface area contributed by atoms with Crippen molar-refractivity contribution in [2.75, 3.05) is 11.9 Å². The van der Waals surface area contributed by atoms with Gasteiger partial charge >= 0.3 is 6.01 Å². The van der Waals surface area contributed by atoms with Crippen molar-refractivity contribution in [3.05, 3.63) is 47.4 Å². The van der Waals surface area contributed by atoms with E-state index < -0.39 is 0 Å². The summed E-state index contributed by atoms with van der Waals surface area (Å²) in [7, 11) is 0. The van der Waals surface area contributed by atoms with Crippen LogP contribution in [0, 0.1) is 0 Å². The third-order valence-corrected chi connectivity index (χ3v) is 4.67. The van der Waals surface area contributed by atoms with Gasteiger partial charge in [0.25, 0.3) is 5.91 Å². The van der Waals surface area contributed by atoms with E-state index in [0.29, 0.717) is 29.2 Å². The van der Waals surface area contributed by atoms with E-state index in [1.807, 2.05) is 19.1 Å². The van der Waals surface area contributed by atoms with E-state index in [9.17, 15) is 4.79 Å². The summed E-state index contributed by atoms with van der Waals surface area (Å²) in [6, 6.07) is 8.86. The van der Waals surface area contributed by atoms with Crippen molar-refractivity contribution in [3.8, 4) is 11.9 Å². The van der Waals surface area contributed by atoms with Gasteiger partial charge in [0.2, 0.25) is 11.6 Å². The summed E-state index contributed by atoms with van der Waals surface area (Å²) in [4.78, 5) is 24.9. The van der Waals surface area contributed by atoms with Gasteiger partial charge in [0.15, 0.2) is 0 Å². The number of nitrogens with one attached hydrogen (secondary N) is 2. The minimum absolute atomic E-state index is 0.00375. The second kappa shape index (κ2) is 6.35. The number of benzene rings is 1. The van der Waals surface area contributed by atoms with Crippen LogP contribution in [-0.4, -0.2) is 33.4 Å². The monoisotopic (exact) mass is 395 g/mol. The molecular weight excluding hydrogens is 382 g/mol. The number of ether oxygens (including phenoxy) is 1. The normalized spacial score (nSPS) is 16.4. The predicted molar refractivity (Wildman–Crippen MR) is 104 cm³/mol. The number of anilines is 1. The van der Waals surface area contributed by atoms with Crippen molar-refractivity contribution in [2.24, 2.45) is 0 Å². The molecule has 4 heterocycles. The quantitative estimate of drug-likeness (QED) is 0.498. The lowest BCUT2D eigenvalue weighted by Gasteiger charge is -2.09. The number of carbonyl (C=O) groups is 1. The molecule has 0 fully saturated rings. The molecule has 0 bridgehead atoms. The molecule has 0 radical (unpaired) electrons. The smallest absolute Gasteiger partial charge is 0.324 e. The van der Waals surface area contributed by atoms with Crippen LogP contribution in [0.15, 0.2) is 40.9 Å². The lowest BCUT2D eigenvalue weighted by Crippen LogP contribution is -2.34. The molecule has 1 atom stereocenters. The standard InChI is InChI=1S/C19H14ClN5O3/c1-9-8-22-16-15-10-2-5-14(28-19-21-7-6-13(20)25-19)24-11(10)3-4-12(15)27-17(16)18(26)23-9/h2-7,9,22H,8H2,1H3,(H,23,26)/t9-/m1/s1. The number of amides is 1. The Balaban J connectivity index is 1.62. The van der Waals surface area contributed by atoms with Crippen LogP contribution in [-0.2, 0) is 0 Å². The summed E-state index contributed by atoms with van der Waals surface area (Å²) in [5.41, 5.74) is 1.98. The molecule has 4 aromatic rings. The fraction of sp³-hybridized carbons (Fsp3) is 0.158. The Kier molecular flexibility index (Phi) is 3.80. The summed E-state index contributed by atoms with van der Waals surface area (Å²) in [6.45, 7) is 2.53. The van der Waals surface area contributed by atoms with Crippen molar-refractivity contribution in [1.29, 1.82) is 0 Å². The fourth-order valence-corrected chi connectivity index (χ4v) is 3.36. The minimum atomic E-state index is -0.233. The molecule has 1 aliphatic heterocycles. The summed E-state index contributed by atoms with van der Waals surface area (Å²) in [5.74, 6) is 0.380.